The van der Waals surface area contributed by atoms with Gasteiger partial charge in [0.05, 0.1) is 25.0 Å². The fraction of sp³-hybridized carbons (Fsp3) is 0.765. The Bertz CT molecular complexity index is 531. The number of amides is 2. The van der Waals surface area contributed by atoms with Crippen molar-refractivity contribution in [2.75, 3.05) is 13.2 Å². The van der Waals surface area contributed by atoms with E-state index in [1.807, 2.05) is 0 Å². The van der Waals surface area contributed by atoms with Gasteiger partial charge in [0, 0.05) is 18.4 Å². The van der Waals surface area contributed by atoms with E-state index in [0.717, 1.165) is 0 Å². The Morgan fingerprint density at radius 3 is 2.04 bits per heavy atom. The van der Waals surface area contributed by atoms with Crippen molar-refractivity contribution in [3.05, 3.63) is 0 Å². The smallest absolute Gasteiger partial charge is 0.309 e. The van der Waals surface area contributed by atoms with Gasteiger partial charge in [-0.1, -0.05) is 13.8 Å². The molecule has 0 aromatic rings. The number of aliphatic hydroxyl groups is 2. The fourth-order valence-electron chi connectivity index (χ4n) is 2.03. The molecule has 0 aliphatic carbocycles. The second kappa shape index (κ2) is 11.5. The maximum absolute atomic E-state index is 12.4. The second-order valence-electron chi connectivity index (χ2n) is 7.13. The van der Waals surface area contributed by atoms with Crippen molar-refractivity contribution in [3.8, 4) is 0 Å². The number of rotatable bonds is 12. The first-order valence-corrected chi connectivity index (χ1v) is 8.62. The second-order valence-corrected chi connectivity index (χ2v) is 7.13. The summed E-state index contributed by atoms with van der Waals surface area (Å²) < 4.78 is 10.3. The molecule has 2 amide bonds. The predicted molar refractivity (Wildman–Crippen MR) is 94.0 cm³/mol. The number of ether oxygens (including phenoxy) is 2. The number of primary amides is 1. The molecule has 0 rings (SSSR count). The molecule has 10 nitrogen and oxygen atoms in total. The summed E-state index contributed by atoms with van der Waals surface area (Å²) in [5.74, 6) is -2.76. The standard InChI is InChI=1S/C17H30N2O8/c1-10(20)7-13(23)26-9-17(3,4)15(27-14(24)8-11(2)21)16(25)19-6-5-12(18)22/h10-11,15,20-21H,5-9H2,1-4H3,(H2,18,22)(H,19,25)/t10-,11-,15+/m1/s1. The van der Waals surface area contributed by atoms with Gasteiger partial charge in [-0.2, -0.15) is 0 Å². The van der Waals surface area contributed by atoms with Crippen LogP contribution in [-0.2, 0) is 28.7 Å². The van der Waals surface area contributed by atoms with Crippen LogP contribution in [0.25, 0.3) is 0 Å². The molecule has 0 radical (unpaired) electrons. The van der Waals surface area contributed by atoms with Crippen molar-refractivity contribution in [2.24, 2.45) is 11.1 Å². The van der Waals surface area contributed by atoms with Gasteiger partial charge in [0.25, 0.3) is 5.91 Å². The van der Waals surface area contributed by atoms with Gasteiger partial charge in [0.2, 0.25) is 5.91 Å². The fourth-order valence-corrected chi connectivity index (χ4v) is 2.03. The quantitative estimate of drug-likeness (QED) is 0.308. The third-order valence-electron chi connectivity index (χ3n) is 3.40. The van der Waals surface area contributed by atoms with E-state index in [9.17, 15) is 29.4 Å². The van der Waals surface area contributed by atoms with E-state index in [-0.39, 0.29) is 32.4 Å². The molecule has 0 fully saturated rings. The Labute approximate surface area is 158 Å². The van der Waals surface area contributed by atoms with E-state index >= 15 is 0 Å². The summed E-state index contributed by atoms with van der Waals surface area (Å²) in [5.41, 5.74) is 3.90. The predicted octanol–water partition coefficient (Wildman–Crippen LogP) is -0.999. The van der Waals surface area contributed by atoms with Gasteiger partial charge in [-0.05, 0) is 13.8 Å². The molecular formula is C17H30N2O8. The van der Waals surface area contributed by atoms with Crippen LogP contribution in [0.3, 0.4) is 0 Å². The van der Waals surface area contributed by atoms with E-state index < -0.39 is 47.5 Å². The topological polar surface area (TPSA) is 165 Å². The number of hydrogen-bond acceptors (Lipinski definition) is 8. The zero-order valence-electron chi connectivity index (χ0n) is 16.2. The highest BCUT2D eigenvalue weighted by Crippen LogP contribution is 2.25. The van der Waals surface area contributed by atoms with Crippen LogP contribution in [0.1, 0.15) is 47.0 Å². The Kier molecular flexibility index (Phi) is 10.6. The number of hydrogen-bond donors (Lipinski definition) is 4. The molecule has 0 heterocycles. The van der Waals surface area contributed by atoms with Crippen LogP contribution < -0.4 is 11.1 Å². The van der Waals surface area contributed by atoms with Crippen LogP contribution in [-0.4, -0.2) is 65.4 Å². The number of aliphatic hydroxyl groups excluding tert-OH is 2. The van der Waals surface area contributed by atoms with Gasteiger partial charge in [-0.15, -0.1) is 0 Å². The van der Waals surface area contributed by atoms with Crippen molar-refractivity contribution in [3.63, 3.8) is 0 Å². The lowest BCUT2D eigenvalue weighted by Gasteiger charge is -2.32. The SMILES string of the molecule is C[C@@H](O)CC(=O)OCC(C)(C)[C@@H](OC(=O)C[C@@H](C)O)C(=O)NCCC(N)=O. The number of nitrogens with one attached hydrogen (secondary N) is 1. The average molecular weight is 390 g/mol. The maximum atomic E-state index is 12.4. The van der Waals surface area contributed by atoms with Gasteiger partial charge in [-0.25, -0.2) is 0 Å². The van der Waals surface area contributed by atoms with Crippen molar-refractivity contribution >= 4 is 23.8 Å². The van der Waals surface area contributed by atoms with Crippen LogP contribution in [0.2, 0.25) is 0 Å². The zero-order chi connectivity index (χ0) is 21.2. The van der Waals surface area contributed by atoms with Crippen LogP contribution in [0.15, 0.2) is 0 Å². The Balaban J connectivity index is 5.10. The number of carbonyl (C=O) groups is 4. The Morgan fingerprint density at radius 2 is 1.56 bits per heavy atom. The van der Waals surface area contributed by atoms with Crippen molar-refractivity contribution in [1.29, 1.82) is 0 Å². The summed E-state index contributed by atoms with van der Waals surface area (Å²) in [5, 5.41) is 20.9. The molecule has 3 atom stereocenters. The van der Waals surface area contributed by atoms with Crippen LogP contribution >= 0.6 is 0 Å². The maximum Gasteiger partial charge on any atom is 0.309 e. The lowest BCUT2D eigenvalue weighted by Crippen LogP contribution is -2.49. The van der Waals surface area contributed by atoms with E-state index in [1.54, 1.807) is 13.8 Å². The molecule has 0 saturated carbocycles. The van der Waals surface area contributed by atoms with E-state index in [4.69, 9.17) is 15.2 Å². The van der Waals surface area contributed by atoms with Gasteiger partial charge >= 0.3 is 11.9 Å². The summed E-state index contributed by atoms with van der Waals surface area (Å²) in [6, 6.07) is 0. The first-order chi connectivity index (χ1) is 12.3. The summed E-state index contributed by atoms with van der Waals surface area (Å²) in [6.45, 7) is 5.63. The molecule has 0 aromatic carbocycles. The van der Waals surface area contributed by atoms with E-state index in [2.05, 4.69) is 5.32 Å². The third-order valence-corrected chi connectivity index (χ3v) is 3.40. The molecule has 27 heavy (non-hydrogen) atoms. The van der Waals surface area contributed by atoms with E-state index in [0.29, 0.717) is 0 Å². The van der Waals surface area contributed by atoms with Crippen molar-refractivity contribution < 1.29 is 38.9 Å². The molecule has 0 unspecified atom stereocenters. The average Bonchev–Trinajstić information content (AvgIpc) is 2.48. The lowest BCUT2D eigenvalue weighted by molar-refractivity contribution is -0.170. The van der Waals surface area contributed by atoms with Crippen molar-refractivity contribution in [2.45, 2.75) is 65.3 Å². The third kappa shape index (κ3) is 11.2. The molecule has 0 aliphatic heterocycles. The summed E-state index contributed by atoms with van der Waals surface area (Å²) in [6.07, 6.45) is -3.79. The molecule has 10 heteroatoms. The Hall–Kier alpha value is -2.20. The van der Waals surface area contributed by atoms with Crippen LogP contribution in [0.4, 0.5) is 0 Å². The number of nitrogens with two attached hydrogens (primary N) is 1. The minimum absolute atomic E-state index is 0.0451. The first kappa shape index (κ1) is 24.8. The molecule has 0 spiro atoms. The Morgan fingerprint density at radius 1 is 1.04 bits per heavy atom. The lowest BCUT2D eigenvalue weighted by atomic mass is 9.86. The molecule has 0 aromatic heterocycles. The monoisotopic (exact) mass is 390 g/mol. The molecule has 0 bridgehead atoms. The number of carbonyl (C=O) groups excluding carboxylic acids is 4. The van der Waals surface area contributed by atoms with Gasteiger partial charge in [-0.3, -0.25) is 19.2 Å². The first-order valence-electron chi connectivity index (χ1n) is 8.62. The summed E-state index contributed by atoms with van der Waals surface area (Å²) >= 11 is 0. The van der Waals surface area contributed by atoms with Crippen LogP contribution in [0, 0.1) is 5.41 Å². The summed E-state index contributed by atoms with van der Waals surface area (Å²) in [7, 11) is 0. The van der Waals surface area contributed by atoms with Crippen LogP contribution in [0.5, 0.6) is 0 Å². The summed E-state index contributed by atoms with van der Waals surface area (Å²) in [4.78, 5) is 46.8. The minimum atomic E-state index is -1.34. The van der Waals surface area contributed by atoms with Gasteiger partial charge in [0.15, 0.2) is 6.10 Å². The highest BCUT2D eigenvalue weighted by atomic mass is 16.6. The molecular weight excluding hydrogens is 360 g/mol. The van der Waals surface area contributed by atoms with Gasteiger partial charge < -0.3 is 30.7 Å². The number of esters is 2. The minimum Gasteiger partial charge on any atom is -0.465 e. The van der Waals surface area contributed by atoms with Crippen molar-refractivity contribution in [1.82, 2.24) is 5.32 Å². The largest absolute Gasteiger partial charge is 0.465 e. The van der Waals surface area contributed by atoms with Gasteiger partial charge in [0.1, 0.15) is 6.61 Å². The van der Waals surface area contributed by atoms with E-state index in [1.165, 1.54) is 13.8 Å². The molecule has 5 N–H and O–H groups in total. The zero-order valence-corrected chi connectivity index (χ0v) is 16.2. The highest BCUT2D eigenvalue weighted by Gasteiger charge is 2.40. The highest BCUT2D eigenvalue weighted by molar-refractivity contribution is 5.85. The molecule has 156 valence electrons. The molecule has 0 aliphatic rings. The normalized spacial score (nSPS) is 14.6. The molecule has 0 saturated heterocycles.